The molecule has 0 atom stereocenters. The fourth-order valence-electron chi connectivity index (χ4n) is 1.96. The highest BCUT2D eigenvalue weighted by Gasteiger charge is 2.18. The number of aliphatic carboxylic acids is 1. The van der Waals surface area contributed by atoms with Gasteiger partial charge in [0.1, 0.15) is 5.75 Å². The second-order valence-electron chi connectivity index (χ2n) is 4.00. The van der Waals surface area contributed by atoms with Gasteiger partial charge in [-0.3, -0.25) is 4.79 Å². The molecular formula is C10H14N2O3S. The maximum Gasteiger partial charge on any atom is 0.314 e. The molecule has 1 fully saturated rings. The number of carbonyl (C=O) groups is 1. The predicted molar refractivity (Wildman–Crippen MR) is 58.3 cm³/mol. The van der Waals surface area contributed by atoms with E-state index < -0.39 is 5.97 Å². The van der Waals surface area contributed by atoms with Crippen LogP contribution >= 0.6 is 11.8 Å². The summed E-state index contributed by atoms with van der Waals surface area (Å²) in [6.07, 6.45) is 5.89. The van der Waals surface area contributed by atoms with E-state index in [2.05, 4.69) is 10.2 Å². The van der Waals surface area contributed by atoms with Crippen molar-refractivity contribution >= 4 is 17.7 Å². The molecule has 1 N–H and O–H groups in total. The summed E-state index contributed by atoms with van der Waals surface area (Å²) in [7, 11) is 0. The van der Waals surface area contributed by atoms with Crippen LogP contribution in [0.3, 0.4) is 0 Å². The third-order valence-electron chi connectivity index (χ3n) is 2.71. The van der Waals surface area contributed by atoms with Crippen LogP contribution in [0.15, 0.2) is 9.64 Å². The van der Waals surface area contributed by atoms with Gasteiger partial charge < -0.3 is 9.52 Å². The minimum atomic E-state index is -0.874. The zero-order valence-electron chi connectivity index (χ0n) is 8.89. The predicted octanol–water partition coefficient (Wildman–Crippen LogP) is 1.98. The van der Waals surface area contributed by atoms with E-state index >= 15 is 0 Å². The maximum absolute atomic E-state index is 10.3. The first kappa shape index (κ1) is 11.4. The second-order valence-corrected chi connectivity index (χ2v) is 4.93. The number of hydrogen-bond donors (Lipinski definition) is 1. The van der Waals surface area contributed by atoms with Crippen molar-refractivity contribution in [1.82, 2.24) is 10.2 Å². The topological polar surface area (TPSA) is 76.2 Å². The van der Waals surface area contributed by atoms with Gasteiger partial charge in [-0.25, -0.2) is 0 Å². The molecule has 88 valence electrons. The van der Waals surface area contributed by atoms with Crippen molar-refractivity contribution in [1.29, 1.82) is 0 Å². The zero-order chi connectivity index (χ0) is 11.4. The van der Waals surface area contributed by atoms with E-state index in [1.165, 1.54) is 25.7 Å². The molecule has 0 radical (unpaired) electrons. The highest BCUT2D eigenvalue weighted by Crippen LogP contribution is 2.28. The quantitative estimate of drug-likeness (QED) is 0.795. The van der Waals surface area contributed by atoms with E-state index in [1.54, 1.807) is 0 Å². The lowest BCUT2D eigenvalue weighted by Gasteiger charge is -2.02. The molecule has 0 spiro atoms. The van der Waals surface area contributed by atoms with E-state index in [9.17, 15) is 4.79 Å². The van der Waals surface area contributed by atoms with Crippen molar-refractivity contribution in [3.05, 3.63) is 5.89 Å². The van der Waals surface area contributed by atoms with Gasteiger partial charge in [0.15, 0.2) is 0 Å². The summed E-state index contributed by atoms with van der Waals surface area (Å²) in [6, 6.07) is 0. The summed E-state index contributed by atoms with van der Waals surface area (Å²) in [4.78, 5) is 10.3. The average molecular weight is 242 g/mol. The normalized spacial score (nSPS) is 16.8. The smallest absolute Gasteiger partial charge is 0.314 e. The molecule has 0 aliphatic heterocycles. The third-order valence-corrected chi connectivity index (χ3v) is 3.51. The van der Waals surface area contributed by atoms with Crippen LogP contribution in [0.1, 0.15) is 31.6 Å². The van der Waals surface area contributed by atoms with Crippen LogP contribution in [-0.2, 0) is 11.2 Å². The SMILES string of the molecule is O=C(O)CSc1nnc(CC2CCCC2)o1. The molecule has 0 amide bonds. The number of aromatic nitrogens is 2. The summed E-state index contributed by atoms with van der Waals surface area (Å²) in [5, 5.41) is 16.6. The Kier molecular flexibility index (Phi) is 3.82. The highest BCUT2D eigenvalue weighted by atomic mass is 32.2. The Hall–Kier alpha value is -1.04. The van der Waals surface area contributed by atoms with Crippen LogP contribution in [-0.4, -0.2) is 27.0 Å². The summed E-state index contributed by atoms with van der Waals surface area (Å²) in [6.45, 7) is 0. The van der Waals surface area contributed by atoms with Gasteiger partial charge in [-0.15, -0.1) is 10.2 Å². The van der Waals surface area contributed by atoms with Gasteiger partial charge in [-0.2, -0.15) is 0 Å². The number of nitrogens with zero attached hydrogens (tertiary/aromatic N) is 2. The molecular weight excluding hydrogens is 228 g/mol. The lowest BCUT2D eigenvalue weighted by molar-refractivity contribution is -0.133. The maximum atomic E-state index is 10.3. The van der Waals surface area contributed by atoms with Crippen molar-refractivity contribution in [2.24, 2.45) is 5.92 Å². The number of thioether (sulfide) groups is 1. The van der Waals surface area contributed by atoms with Crippen LogP contribution < -0.4 is 0 Å². The van der Waals surface area contributed by atoms with Crippen LogP contribution in [0, 0.1) is 5.92 Å². The van der Waals surface area contributed by atoms with Gasteiger partial charge in [0.25, 0.3) is 5.22 Å². The van der Waals surface area contributed by atoms with Crippen molar-refractivity contribution in [2.45, 2.75) is 37.3 Å². The first-order chi connectivity index (χ1) is 7.74. The van der Waals surface area contributed by atoms with Gasteiger partial charge in [0, 0.05) is 6.42 Å². The molecule has 1 aromatic heterocycles. The molecule has 0 aromatic carbocycles. The lowest BCUT2D eigenvalue weighted by atomic mass is 10.0. The van der Waals surface area contributed by atoms with E-state index in [1.807, 2.05) is 0 Å². The van der Waals surface area contributed by atoms with Crippen molar-refractivity contribution in [3.8, 4) is 0 Å². The monoisotopic (exact) mass is 242 g/mol. The van der Waals surface area contributed by atoms with Crippen LogP contribution in [0.5, 0.6) is 0 Å². The fraction of sp³-hybridized carbons (Fsp3) is 0.700. The van der Waals surface area contributed by atoms with Gasteiger partial charge in [-0.1, -0.05) is 24.6 Å². The molecule has 6 heteroatoms. The Balaban J connectivity index is 1.84. The summed E-state index contributed by atoms with van der Waals surface area (Å²) < 4.78 is 5.37. The first-order valence-electron chi connectivity index (χ1n) is 5.41. The van der Waals surface area contributed by atoms with Crippen LogP contribution in [0.2, 0.25) is 0 Å². The summed E-state index contributed by atoms with van der Waals surface area (Å²) in [5.74, 6) is 0.392. The number of carboxylic acids is 1. The van der Waals surface area contributed by atoms with Crippen molar-refractivity contribution in [2.75, 3.05) is 5.75 Å². The molecule has 1 heterocycles. The Morgan fingerprint density at radius 2 is 2.19 bits per heavy atom. The van der Waals surface area contributed by atoms with Crippen LogP contribution in [0.25, 0.3) is 0 Å². The number of hydrogen-bond acceptors (Lipinski definition) is 5. The van der Waals surface area contributed by atoms with Gasteiger partial charge in [-0.05, 0) is 18.8 Å². The molecule has 1 aliphatic rings. The molecule has 0 saturated heterocycles. The minimum Gasteiger partial charge on any atom is -0.481 e. The lowest BCUT2D eigenvalue weighted by Crippen LogP contribution is -1.98. The van der Waals surface area contributed by atoms with E-state index in [0.717, 1.165) is 18.2 Å². The molecule has 0 bridgehead atoms. The second kappa shape index (κ2) is 5.34. The molecule has 5 nitrogen and oxygen atoms in total. The van der Waals surface area contributed by atoms with Crippen molar-refractivity contribution in [3.63, 3.8) is 0 Å². The Morgan fingerprint density at radius 3 is 2.88 bits per heavy atom. The highest BCUT2D eigenvalue weighted by molar-refractivity contribution is 7.99. The van der Waals surface area contributed by atoms with E-state index in [4.69, 9.17) is 9.52 Å². The van der Waals surface area contributed by atoms with Crippen LogP contribution in [0.4, 0.5) is 0 Å². The molecule has 16 heavy (non-hydrogen) atoms. The van der Waals surface area contributed by atoms with Gasteiger partial charge in [0.05, 0.1) is 0 Å². The zero-order valence-corrected chi connectivity index (χ0v) is 9.70. The number of rotatable bonds is 5. The molecule has 1 aromatic rings. The largest absolute Gasteiger partial charge is 0.481 e. The number of carboxylic acid groups (broad SMARTS) is 1. The molecule has 1 saturated carbocycles. The molecule has 0 unspecified atom stereocenters. The molecule has 2 rings (SSSR count). The summed E-state index contributed by atoms with van der Waals surface area (Å²) in [5.41, 5.74) is 0. The Bertz CT molecular complexity index is 361. The first-order valence-corrected chi connectivity index (χ1v) is 6.39. The van der Waals surface area contributed by atoms with Gasteiger partial charge in [0.2, 0.25) is 5.89 Å². The van der Waals surface area contributed by atoms with Crippen molar-refractivity contribution < 1.29 is 14.3 Å². The Labute approximate surface area is 97.6 Å². The summed E-state index contributed by atoms with van der Waals surface area (Å²) >= 11 is 1.07. The van der Waals surface area contributed by atoms with Gasteiger partial charge >= 0.3 is 5.97 Å². The van der Waals surface area contributed by atoms with E-state index in [0.29, 0.717) is 17.0 Å². The fourth-order valence-corrected chi connectivity index (χ4v) is 2.46. The molecule has 1 aliphatic carbocycles. The van der Waals surface area contributed by atoms with E-state index in [-0.39, 0.29) is 5.75 Å². The standard InChI is InChI=1S/C10H14N2O3S/c13-9(14)6-16-10-12-11-8(15-10)5-7-3-1-2-4-7/h7H,1-6H2,(H,13,14). The minimum absolute atomic E-state index is 0.0366. The average Bonchev–Trinajstić information content (AvgIpc) is 2.87. The Morgan fingerprint density at radius 1 is 1.44 bits per heavy atom. The third kappa shape index (κ3) is 3.23.